The molecule has 1 heterocycles. The van der Waals surface area contributed by atoms with Gasteiger partial charge in [-0.05, 0) is 23.8 Å². The summed E-state index contributed by atoms with van der Waals surface area (Å²) in [4.78, 5) is 29.4. The van der Waals surface area contributed by atoms with Gasteiger partial charge in [-0.3, -0.25) is 14.2 Å². The number of anilines is 1. The lowest BCUT2D eigenvalue weighted by molar-refractivity contribution is -0.116. The number of hydrogen-bond donors (Lipinski definition) is 1. The highest BCUT2D eigenvalue weighted by Gasteiger charge is 2.11. The van der Waals surface area contributed by atoms with E-state index in [1.807, 2.05) is 60.7 Å². The predicted molar refractivity (Wildman–Crippen MR) is 107 cm³/mol. The molecule has 4 aromatic rings. The number of benzene rings is 3. The SMILES string of the molecule is O=C(Cn1cnc2ccccc2c1=O)Nc1ccccc1-c1ccccc1. The molecule has 27 heavy (non-hydrogen) atoms. The first-order valence-electron chi connectivity index (χ1n) is 8.61. The highest BCUT2D eigenvalue weighted by molar-refractivity contribution is 5.95. The molecule has 0 aliphatic heterocycles. The molecule has 3 aromatic carbocycles. The fourth-order valence-electron chi connectivity index (χ4n) is 3.02. The summed E-state index contributed by atoms with van der Waals surface area (Å²) in [6.07, 6.45) is 1.41. The molecule has 0 fully saturated rings. The molecule has 1 amide bonds. The normalized spacial score (nSPS) is 10.7. The van der Waals surface area contributed by atoms with E-state index in [4.69, 9.17) is 0 Å². The first-order valence-corrected chi connectivity index (χ1v) is 8.61. The smallest absolute Gasteiger partial charge is 0.261 e. The van der Waals surface area contributed by atoms with Crippen LogP contribution in [0.5, 0.6) is 0 Å². The highest BCUT2D eigenvalue weighted by Crippen LogP contribution is 2.27. The van der Waals surface area contributed by atoms with E-state index < -0.39 is 0 Å². The second kappa shape index (κ2) is 7.25. The minimum atomic E-state index is -0.280. The molecular formula is C22H17N3O2. The minimum absolute atomic E-state index is 0.0974. The number of carbonyl (C=O) groups is 1. The number of carbonyl (C=O) groups excluding carboxylic acids is 1. The fourth-order valence-corrected chi connectivity index (χ4v) is 3.02. The van der Waals surface area contributed by atoms with E-state index in [9.17, 15) is 9.59 Å². The number of nitrogens with one attached hydrogen (secondary N) is 1. The monoisotopic (exact) mass is 355 g/mol. The minimum Gasteiger partial charge on any atom is -0.324 e. The van der Waals surface area contributed by atoms with Crippen molar-refractivity contribution in [1.29, 1.82) is 0 Å². The van der Waals surface area contributed by atoms with Crippen molar-refractivity contribution in [3.05, 3.63) is 95.5 Å². The summed E-state index contributed by atoms with van der Waals surface area (Å²) in [6.45, 7) is -0.0974. The zero-order valence-electron chi connectivity index (χ0n) is 14.5. The van der Waals surface area contributed by atoms with E-state index in [1.165, 1.54) is 10.9 Å². The number of rotatable bonds is 4. The van der Waals surface area contributed by atoms with Crippen molar-refractivity contribution >= 4 is 22.5 Å². The van der Waals surface area contributed by atoms with E-state index in [-0.39, 0.29) is 18.0 Å². The van der Waals surface area contributed by atoms with Crippen LogP contribution in [0.3, 0.4) is 0 Å². The lowest BCUT2D eigenvalue weighted by Gasteiger charge is -2.12. The van der Waals surface area contributed by atoms with Crippen LogP contribution in [0.25, 0.3) is 22.0 Å². The van der Waals surface area contributed by atoms with Crippen molar-refractivity contribution < 1.29 is 4.79 Å². The van der Waals surface area contributed by atoms with Gasteiger partial charge in [0.1, 0.15) is 6.54 Å². The maximum absolute atomic E-state index is 12.6. The fraction of sp³-hybridized carbons (Fsp3) is 0.0455. The van der Waals surface area contributed by atoms with Crippen LogP contribution in [0.1, 0.15) is 0 Å². The molecule has 4 rings (SSSR count). The van der Waals surface area contributed by atoms with Crippen molar-refractivity contribution in [3.63, 3.8) is 0 Å². The van der Waals surface area contributed by atoms with Gasteiger partial charge in [0.25, 0.3) is 5.56 Å². The van der Waals surface area contributed by atoms with Crippen LogP contribution in [0.2, 0.25) is 0 Å². The Kier molecular flexibility index (Phi) is 4.49. The average molecular weight is 355 g/mol. The van der Waals surface area contributed by atoms with Crippen molar-refractivity contribution in [2.24, 2.45) is 0 Å². The van der Waals surface area contributed by atoms with Crippen LogP contribution in [-0.2, 0) is 11.3 Å². The Labute approximate surface area is 155 Å². The third kappa shape index (κ3) is 3.48. The van der Waals surface area contributed by atoms with E-state index >= 15 is 0 Å². The molecule has 0 bridgehead atoms. The second-order valence-electron chi connectivity index (χ2n) is 6.15. The summed E-state index contributed by atoms with van der Waals surface area (Å²) in [7, 11) is 0. The number of fused-ring (bicyclic) bond motifs is 1. The Hall–Kier alpha value is -3.73. The molecule has 0 unspecified atom stereocenters. The van der Waals surface area contributed by atoms with Crippen LogP contribution in [-0.4, -0.2) is 15.5 Å². The van der Waals surface area contributed by atoms with Gasteiger partial charge in [0.15, 0.2) is 0 Å². The summed E-state index contributed by atoms with van der Waals surface area (Å²) in [5.41, 5.74) is 3.03. The second-order valence-corrected chi connectivity index (χ2v) is 6.15. The number of nitrogens with zero attached hydrogens (tertiary/aromatic N) is 2. The number of amides is 1. The van der Waals surface area contributed by atoms with Gasteiger partial charge in [-0.25, -0.2) is 4.98 Å². The Bertz CT molecular complexity index is 1170. The van der Waals surface area contributed by atoms with Gasteiger partial charge >= 0.3 is 0 Å². The zero-order valence-corrected chi connectivity index (χ0v) is 14.5. The molecule has 0 saturated carbocycles. The molecule has 0 atom stereocenters. The third-order valence-electron chi connectivity index (χ3n) is 4.33. The van der Waals surface area contributed by atoms with Gasteiger partial charge in [0.2, 0.25) is 5.91 Å². The van der Waals surface area contributed by atoms with Gasteiger partial charge < -0.3 is 5.32 Å². The van der Waals surface area contributed by atoms with Crippen LogP contribution in [0.4, 0.5) is 5.69 Å². The van der Waals surface area contributed by atoms with Crippen molar-refractivity contribution in [1.82, 2.24) is 9.55 Å². The molecular weight excluding hydrogens is 338 g/mol. The third-order valence-corrected chi connectivity index (χ3v) is 4.33. The predicted octanol–water partition coefficient (Wildman–Crippen LogP) is 3.70. The van der Waals surface area contributed by atoms with Gasteiger partial charge in [-0.2, -0.15) is 0 Å². The molecule has 0 aliphatic rings. The van der Waals surface area contributed by atoms with Crippen LogP contribution in [0, 0.1) is 0 Å². The van der Waals surface area contributed by atoms with Crippen molar-refractivity contribution in [2.45, 2.75) is 6.54 Å². The average Bonchev–Trinajstić information content (AvgIpc) is 2.71. The molecule has 5 nitrogen and oxygen atoms in total. The molecule has 1 aromatic heterocycles. The quantitative estimate of drug-likeness (QED) is 0.607. The van der Waals surface area contributed by atoms with Gasteiger partial charge in [0, 0.05) is 11.3 Å². The summed E-state index contributed by atoms with van der Waals surface area (Å²) in [5, 5.41) is 3.40. The van der Waals surface area contributed by atoms with Crippen molar-refractivity contribution in [3.8, 4) is 11.1 Å². The summed E-state index contributed by atoms with van der Waals surface area (Å²) < 4.78 is 1.32. The Balaban J connectivity index is 1.60. The van der Waals surface area contributed by atoms with E-state index in [0.717, 1.165) is 11.1 Å². The summed E-state index contributed by atoms with van der Waals surface area (Å²) in [5.74, 6) is -0.280. The number of para-hydroxylation sites is 2. The molecule has 0 aliphatic carbocycles. The first-order chi connectivity index (χ1) is 13.2. The molecule has 0 radical (unpaired) electrons. The molecule has 0 saturated heterocycles. The highest BCUT2D eigenvalue weighted by atomic mass is 16.2. The van der Waals surface area contributed by atoms with Gasteiger partial charge in [-0.15, -0.1) is 0 Å². The van der Waals surface area contributed by atoms with E-state index in [2.05, 4.69) is 10.3 Å². The number of hydrogen-bond acceptors (Lipinski definition) is 3. The Morgan fingerprint density at radius 2 is 1.59 bits per heavy atom. The summed E-state index contributed by atoms with van der Waals surface area (Å²) >= 11 is 0. The topological polar surface area (TPSA) is 64.0 Å². The molecule has 0 spiro atoms. The molecule has 5 heteroatoms. The van der Waals surface area contributed by atoms with Crippen LogP contribution < -0.4 is 10.9 Å². The van der Waals surface area contributed by atoms with E-state index in [0.29, 0.717) is 16.6 Å². The molecule has 132 valence electrons. The largest absolute Gasteiger partial charge is 0.324 e. The standard InChI is InChI=1S/C22H17N3O2/c26-21(14-25-15-23-19-12-6-5-11-18(19)22(25)27)24-20-13-7-4-10-17(20)16-8-2-1-3-9-16/h1-13,15H,14H2,(H,24,26). The maximum Gasteiger partial charge on any atom is 0.261 e. The van der Waals surface area contributed by atoms with Crippen molar-refractivity contribution in [2.75, 3.05) is 5.32 Å². The zero-order chi connectivity index (χ0) is 18.6. The lowest BCUT2D eigenvalue weighted by atomic mass is 10.0. The van der Waals surface area contributed by atoms with Crippen LogP contribution >= 0.6 is 0 Å². The van der Waals surface area contributed by atoms with E-state index in [1.54, 1.807) is 18.2 Å². The molecule has 1 N–H and O–H groups in total. The Morgan fingerprint density at radius 1 is 0.889 bits per heavy atom. The van der Waals surface area contributed by atoms with Gasteiger partial charge in [-0.1, -0.05) is 60.7 Å². The first kappa shape index (κ1) is 16.7. The summed E-state index contributed by atoms with van der Waals surface area (Å²) in [6, 6.07) is 24.5. The Morgan fingerprint density at radius 3 is 2.44 bits per heavy atom. The maximum atomic E-state index is 12.6. The number of aromatic nitrogens is 2. The van der Waals surface area contributed by atoms with Crippen LogP contribution in [0.15, 0.2) is 90.0 Å². The van der Waals surface area contributed by atoms with Gasteiger partial charge in [0.05, 0.1) is 17.2 Å². The lowest BCUT2D eigenvalue weighted by Crippen LogP contribution is -2.28.